The van der Waals surface area contributed by atoms with E-state index < -0.39 is 21.8 Å². The molecule has 0 atom stereocenters. The standard InChI is InChI=1S/C13H13Cl2NO5S/c1-3-16(4-2)22(19,20)10-6-8(14)11(15)12-7(10)5-9(21-12)13(17)18/h5-6H,3-4H2,1-2H3,(H,17,18). The van der Waals surface area contributed by atoms with E-state index in [2.05, 4.69) is 0 Å². The average Bonchev–Trinajstić information content (AvgIpc) is 2.89. The summed E-state index contributed by atoms with van der Waals surface area (Å²) in [5.74, 6) is -1.73. The normalized spacial score (nSPS) is 12.2. The first-order valence-electron chi connectivity index (χ1n) is 6.39. The highest BCUT2D eigenvalue weighted by Crippen LogP contribution is 2.38. The molecule has 0 spiro atoms. The molecule has 0 aliphatic carbocycles. The third-order valence-corrected chi connectivity index (χ3v) is 6.06. The van der Waals surface area contributed by atoms with Crippen LogP contribution in [0.2, 0.25) is 10.0 Å². The molecule has 0 fully saturated rings. The summed E-state index contributed by atoms with van der Waals surface area (Å²) in [6.07, 6.45) is 0. The minimum absolute atomic E-state index is 0.0220. The molecule has 6 nitrogen and oxygen atoms in total. The second-order valence-corrected chi connectivity index (χ2v) is 7.11. The fraction of sp³-hybridized carbons (Fsp3) is 0.308. The van der Waals surface area contributed by atoms with Crippen molar-refractivity contribution in [1.82, 2.24) is 4.31 Å². The summed E-state index contributed by atoms with van der Waals surface area (Å²) in [6.45, 7) is 3.94. The van der Waals surface area contributed by atoms with Crippen LogP contribution in [-0.4, -0.2) is 36.9 Å². The van der Waals surface area contributed by atoms with Gasteiger partial charge in [-0.2, -0.15) is 4.31 Å². The molecule has 1 heterocycles. The molecule has 0 aliphatic rings. The highest BCUT2D eigenvalue weighted by Gasteiger charge is 2.28. The number of benzene rings is 1. The molecule has 120 valence electrons. The minimum Gasteiger partial charge on any atom is -0.475 e. The van der Waals surface area contributed by atoms with Gasteiger partial charge >= 0.3 is 5.97 Å². The van der Waals surface area contributed by atoms with Crippen LogP contribution in [0.15, 0.2) is 21.4 Å². The molecule has 1 aromatic carbocycles. The van der Waals surface area contributed by atoms with Crippen molar-refractivity contribution >= 4 is 50.2 Å². The molecule has 0 unspecified atom stereocenters. The van der Waals surface area contributed by atoms with Gasteiger partial charge in [-0.25, -0.2) is 13.2 Å². The average molecular weight is 366 g/mol. The number of hydrogen-bond donors (Lipinski definition) is 1. The van der Waals surface area contributed by atoms with E-state index in [0.717, 1.165) is 6.07 Å². The second kappa shape index (κ2) is 6.08. The van der Waals surface area contributed by atoms with Crippen LogP contribution in [0.3, 0.4) is 0 Å². The number of carbonyl (C=O) groups is 1. The second-order valence-electron chi connectivity index (χ2n) is 4.42. The molecule has 22 heavy (non-hydrogen) atoms. The van der Waals surface area contributed by atoms with Crippen LogP contribution in [-0.2, 0) is 10.0 Å². The van der Waals surface area contributed by atoms with E-state index >= 15 is 0 Å². The summed E-state index contributed by atoms with van der Waals surface area (Å²) < 4.78 is 31.7. The number of carboxylic acids is 1. The Morgan fingerprint density at radius 2 is 1.86 bits per heavy atom. The smallest absolute Gasteiger partial charge is 0.371 e. The summed E-state index contributed by atoms with van der Waals surface area (Å²) in [7, 11) is -3.84. The monoisotopic (exact) mass is 365 g/mol. The van der Waals surface area contributed by atoms with Crippen molar-refractivity contribution in [2.24, 2.45) is 0 Å². The molecule has 0 saturated heterocycles. The lowest BCUT2D eigenvalue weighted by Gasteiger charge is -2.19. The Kier molecular flexibility index (Phi) is 4.72. The van der Waals surface area contributed by atoms with E-state index in [-0.39, 0.29) is 39.0 Å². The third-order valence-electron chi connectivity index (χ3n) is 3.20. The molecule has 1 N–H and O–H groups in total. The minimum atomic E-state index is -3.84. The number of rotatable bonds is 5. The number of aromatic carboxylic acids is 1. The number of halogens is 2. The number of nitrogens with zero attached hydrogens (tertiary/aromatic N) is 1. The van der Waals surface area contributed by atoms with E-state index in [1.54, 1.807) is 13.8 Å². The van der Waals surface area contributed by atoms with Crippen LogP contribution in [0.1, 0.15) is 24.4 Å². The van der Waals surface area contributed by atoms with Crippen LogP contribution in [0.4, 0.5) is 0 Å². The maximum atomic E-state index is 12.7. The van der Waals surface area contributed by atoms with Gasteiger partial charge in [0.2, 0.25) is 15.8 Å². The summed E-state index contributed by atoms with van der Waals surface area (Å²) in [5, 5.41) is 9.06. The number of fused-ring (bicyclic) bond motifs is 1. The van der Waals surface area contributed by atoms with Gasteiger partial charge in [-0.3, -0.25) is 0 Å². The Hall–Kier alpha value is -1.28. The largest absolute Gasteiger partial charge is 0.475 e. The zero-order chi connectivity index (χ0) is 16.7. The van der Waals surface area contributed by atoms with E-state index in [1.807, 2.05) is 0 Å². The molecule has 1 aromatic heterocycles. The van der Waals surface area contributed by atoms with Gasteiger partial charge in [-0.15, -0.1) is 0 Å². The molecule has 0 saturated carbocycles. The lowest BCUT2D eigenvalue weighted by atomic mass is 10.2. The molecule has 2 aromatic rings. The highest BCUT2D eigenvalue weighted by atomic mass is 35.5. The van der Waals surface area contributed by atoms with Gasteiger partial charge in [0.15, 0.2) is 5.58 Å². The Balaban J connectivity index is 2.84. The van der Waals surface area contributed by atoms with Gasteiger partial charge in [0.25, 0.3) is 0 Å². The highest BCUT2D eigenvalue weighted by molar-refractivity contribution is 7.89. The molecular weight excluding hydrogens is 353 g/mol. The first-order valence-corrected chi connectivity index (χ1v) is 8.58. The predicted octanol–water partition coefficient (Wildman–Crippen LogP) is 3.47. The van der Waals surface area contributed by atoms with Crippen LogP contribution >= 0.6 is 23.2 Å². The predicted molar refractivity (Wildman–Crippen MR) is 83.3 cm³/mol. The number of furan rings is 1. The molecule has 0 radical (unpaired) electrons. The lowest BCUT2D eigenvalue weighted by molar-refractivity contribution is 0.0665. The van der Waals surface area contributed by atoms with Crippen molar-refractivity contribution < 1.29 is 22.7 Å². The van der Waals surface area contributed by atoms with Crippen molar-refractivity contribution in [2.75, 3.05) is 13.1 Å². The van der Waals surface area contributed by atoms with Crippen molar-refractivity contribution in [3.8, 4) is 0 Å². The topological polar surface area (TPSA) is 87.8 Å². The van der Waals surface area contributed by atoms with Crippen molar-refractivity contribution in [2.45, 2.75) is 18.7 Å². The van der Waals surface area contributed by atoms with Gasteiger partial charge < -0.3 is 9.52 Å². The van der Waals surface area contributed by atoms with Gasteiger partial charge in [-0.1, -0.05) is 37.0 Å². The van der Waals surface area contributed by atoms with Crippen molar-refractivity contribution in [1.29, 1.82) is 0 Å². The van der Waals surface area contributed by atoms with Gasteiger partial charge in [-0.05, 0) is 6.07 Å². The van der Waals surface area contributed by atoms with E-state index in [4.69, 9.17) is 32.7 Å². The first kappa shape index (κ1) is 17.1. The van der Waals surface area contributed by atoms with Gasteiger partial charge in [0.05, 0.1) is 9.92 Å². The van der Waals surface area contributed by atoms with Crippen LogP contribution < -0.4 is 0 Å². The van der Waals surface area contributed by atoms with Gasteiger partial charge in [0, 0.05) is 24.5 Å². The zero-order valence-corrected chi connectivity index (χ0v) is 14.1. The number of sulfonamides is 1. The van der Waals surface area contributed by atoms with E-state index in [0.29, 0.717) is 0 Å². The maximum Gasteiger partial charge on any atom is 0.371 e. The summed E-state index contributed by atoms with van der Waals surface area (Å²) in [5.41, 5.74) is -0.0581. The zero-order valence-electron chi connectivity index (χ0n) is 11.8. The van der Waals surface area contributed by atoms with Crippen LogP contribution in [0.5, 0.6) is 0 Å². The van der Waals surface area contributed by atoms with Gasteiger partial charge in [0.1, 0.15) is 5.02 Å². The van der Waals surface area contributed by atoms with E-state index in [9.17, 15) is 13.2 Å². The lowest BCUT2D eigenvalue weighted by Crippen LogP contribution is -2.30. The Bertz CT molecular complexity index is 840. The number of hydrogen-bond acceptors (Lipinski definition) is 4. The van der Waals surface area contributed by atoms with Crippen molar-refractivity contribution in [3.63, 3.8) is 0 Å². The molecule has 0 amide bonds. The quantitative estimate of drug-likeness (QED) is 0.876. The maximum absolute atomic E-state index is 12.7. The van der Waals surface area contributed by atoms with Crippen LogP contribution in [0, 0.1) is 0 Å². The molecule has 2 rings (SSSR count). The molecule has 0 aliphatic heterocycles. The molecular formula is C13H13Cl2NO5S. The van der Waals surface area contributed by atoms with E-state index in [1.165, 1.54) is 10.4 Å². The summed E-state index contributed by atoms with van der Waals surface area (Å²) in [4.78, 5) is 10.9. The first-order chi connectivity index (χ1) is 10.2. The third kappa shape index (κ3) is 2.69. The molecule has 0 bridgehead atoms. The Morgan fingerprint density at radius 1 is 1.27 bits per heavy atom. The summed E-state index contributed by atoms with van der Waals surface area (Å²) in [6, 6.07) is 2.34. The number of carboxylic acid groups (broad SMARTS) is 1. The van der Waals surface area contributed by atoms with Crippen LogP contribution in [0.25, 0.3) is 11.0 Å². The van der Waals surface area contributed by atoms with Crippen molar-refractivity contribution in [3.05, 3.63) is 27.9 Å². The Labute approximate surface area is 137 Å². The Morgan fingerprint density at radius 3 is 2.36 bits per heavy atom. The summed E-state index contributed by atoms with van der Waals surface area (Å²) >= 11 is 11.9. The fourth-order valence-electron chi connectivity index (χ4n) is 2.12. The molecule has 9 heteroatoms. The SMILES string of the molecule is CCN(CC)S(=O)(=O)c1cc(Cl)c(Cl)c2oc(C(=O)O)cc12. The fourth-order valence-corrected chi connectivity index (χ4v) is 4.23.